The molecule has 0 bridgehead atoms. The van der Waals surface area contributed by atoms with Gasteiger partial charge in [0.25, 0.3) is 11.5 Å². The van der Waals surface area contributed by atoms with Crippen LogP contribution in [0, 0.1) is 6.92 Å². The molecule has 1 aliphatic rings. The molecule has 0 radical (unpaired) electrons. The van der Waals surface area contributed by atoms with Gasteiger partial charge in [-0.3, -0.25) is 9.59 Å². The van der Waals surface area contributed by atoms with E-state index in [2.05, 4.69) is 4.98 Å². The number of aromatic nitrogens is 2. The maximum Gasteiger partial charge on any atom is 0.253 e. The number of amides is 1. The molecule has 1 amide bonds. The van der Waals surface area contributed by atoms with E-state index in [1.807, 2.05) is 6.92 Å². The zero-order valence-corrected chi connectivity index (χ0v) is 14.5. The number of nitrogens with zero attached hydrogens (tertiary/aromatic N) is 3. The lowest BCUT2D eigenvalue weighted by Gasteiger charge is -2.26. The second-order valence-corrected chi connectivity index (χ2v) is 7.47. The number of fused-ring (bicyclic) bond motifs is 1. The van der Waals surface area contributed by atoms with Crippen molar-refractivity contribution in [3.63, 3.8) is 0 Å². The van der Waals surface area contributed by atoms with Crippen LogP contribution in [0.15, 0.2) is 23.1 Å². The SMILES string of the molecule is Cc1nc2c(s1)CCCC2CN(C)C(=O)c1ccn(C)c(=O)c1. The van der Waals surface area contributed by atoms with E-state index >= 15 is 0 Å². The number of likely N-dealkylation sites (N-methyl/N-ethyl adjacent to an activating group) is 1. The maximum atomic E-state index is 12.6. The molecular weight excluding hydrogens is 310 g/mol. The van der Waals surface area contributed by atoms with Crippen molar-refractivity contribution in [3.8, 4) is 0 Å². The number of thiazole rings is 1. The molecule has 5 nitrogen and oxygen atoms in total. The Balaban J connectivity index is 1.76. The molecule has 6 heteroatoms. The highest BCUT2D eigenvalue weighted by atomic mass is 32.1. The van der Waals surface area contributed by atoms with Gasteiger partial charge in [0.05, 0.1) is 10.7 Å². The van der Waals surface area contributed by atoms with Gasteiger partial charge in [0.15, 0.2) is 0 Å². The standard InChI is InChI=1S/C17H21N3O2S/c1-11-18-16-13(5-4-6-14(16)23-11)10-20(3)17(22)12-7-8-19(2)15(21)9-12/h7-9,13H,4-6,10H2,1-3H3. The first kappa shape index (κ1) is 15.9. The van der Waals surface area contributed by atoms with E-state index in [0.717, 1.165) is 24.3 Å². The van der Waals surface area contributed by atoms with E-state index in [4.69, 9.17) is 0 Å². The number of carbonyl (C=O) groups is 1. The zero-order valence-electron chi connectivity index (χ0n) is 13.7. The minimum atomic E-state index is -0.167. The number of rotatable bonds is 3. The van der Waals surface area contributed by atoms with Gasteiger partial charge in [-0.15, -0.1) is 11.3 Å². The summed E-state index contributed by atoms with van der Waals surface area (Å²) in [6, 6.07) is 3.09. The molecule has 0 fully saturated rings. The quantitative estimate of drug-likeness (QED) is 0.867. The number of hydrogen-bond acceptors (Lipinski definition) is 4. The molecule has 1 aliphatic carbocycles. The minimum Gasteiger partial charge on any atom is -0.341 e. The average Bonchev–Trinajstić information content (AvgIpc) is 2.90. The van der Waals surface area contributed by atoms with Gasteiger partial charge in [-0.05, 0) is 32.3 Å². The highest BCUT2D eigenvalue weighted by Gasteiger charge is 2.26. The van der Waals surface area contributed by atoms with Gasteiger partial charge in [-0.1, -0.05) is 0 Å². The van der Waals surface area contributed by atoms with Crippen molar-refractivity contribution >= 4 is 17.2 Å². The lowest BCUT2D eigenvalue weighted by atomic mass is 9.90. The second-order valence-electron chi connectivity index (χ2n) is 6.18. The number of carbonyl (C=O) groups excluding carboxylic acids is 1. The van der Waals surface area contributed by atoms with Gasteiger partial charge in [0.2, 0.25) is 0 Å². The first-order valence-electron chi connectivity index (χ1n) is 7.84. The Hall–Kier alpha value is -1.95. The Bertz CT molecular complexity index is 793. The molecule has 1 unspecified atom stereocenters. The summed E-state index contributed by atoms with van der Waals surface area (Å²) < 4.78 is 1.46. The Morgan fingerprint density at radius 1 is 1.52 bits per heavy atom. The van der Waals surface area contributed by atoms with E-state index < -0.39 is 0 Å². The van der Waals surface area contributed by atoms with E-state index in [1.165, 1.54) is 21.2 Å². The van der Waals surface area contributed by atoms with Crippen molar-refractivity contribution in [2.75, 3.05) is 13.6 Å². The Morgan fingerprint density at radius 3 is 3.04 bits per heavy atom. The number of aryl methyl sites for hydroxylation is 3. The fourth-order valence-corrected chi connectivity index (χ4v) is 4.19. The summed E-state index contributed by atoms with van der Waals surface area (Å²) in [5, 5.41) is 1.10. The third-order valence-corrected chi connectivity index (χ3v) is 5.42. The van der Waals surface area contributed by atoms with E-state index in [0.29, 0.717) is 18.0 Å². The minimum absolute atomic E-state index is 0.109. The summed E-state index contributed by atoms with van der Waals surface area (Å²) in [5.41, 5.74) is 1.45. The molecule has 23 heavy (non-hydrogen) atoms. The predicted molar refractivity (Wildman–Crippen MR) is 91.2 cm³/mol. The lowest BCUT2D eigenvalue weighted by molar-refractivity contribution is 0.0782. The molecule has 122 valence electrons. The van der Waals surface area contributed by atoms with Crippen LogP contribution >= 0.6 is 11.3 Å². The average molecular weight is 331 g/mol. The molecule has 0 saturated heterocycles. The summed E-state index contributed by atoms with van der Waals surface area (Å²) in [6.07, 6.45) is 4.94. The molecule has 2 aromatic rings. The third-order valence-electron chi connectivity index (χ3n) is 4.37. The molecular formula is C17H21N3O2S. The molecule has 3 rings (SSSR count). The normalized spacial score (nSPS) is 16.9. The number of hydrogen-bond donors (Lipinski definition) is 0. The molecule has 0 N–H and O–H groups in total. The van der Waals surface area contributed by atoms with Crippen LogP contribution in [0.4, 0.5) is 0 Å². The van der Waals surface area contributed by atoms with Crippen molar-refractivity contribution in [2.45, 2.75) is 32.1 Å². The summed E-state index contributed by atoms with van der Waals surface area (Å²) in [7, 11) is 3.47. The van der Waals surface area contributed by atoms with E-state index in [9.17, 15) is 9.59 Å². The molecule has 0 spiro atoms. The molecule has 2 heterocycles. The Kier molecular flexibility index (Phi) is 4.35. The first-order chi connectivity index (χ1) is 11.0. The maximum absolute atomic E-state index is 12.6. The van der Waals surface area contributed by atoms with Crippen molar-refractivity contribution < 1.29 is 4.79 Å². The van der Waals surface area contributed by atoms with Gasteiger partial charge in [-0.25, -0.2) is 4.98 Å². The van der Waals surface area contributed by atoms with Gasteiger partial charge in [-0.2, -0.15) is 0 Å². The van der Waals surface area contributed by atoms with Gasteiger partial charge in [0, 0.05) is 49.3 Å². The van der Waals surface area contributed by atoms with Gasteiger partial charge in [0.1, 0.15) is 0 Å². The van der Waals surface area contributed by atoms with Crippen molar-refractivity contribution in [2.24, 2.45) is 7.05 Å². The van der Waals surface area contributed by atoms with Crippen LogP contribution < -0.4 is 5.56 Å². The fourth-order valence-electron chi connectivity index (χ4n) is 3.12. The summed E-state index contributed by atoms with van der Waals surface area (Å²) >= 11 is 1.77. The highest BCUT2D eigenvalue weighted by molar-refractivity contribution is 7.11. The largest absolute Gasteiger partial charge is 0.341 e. The topological polar surface area (TPSA) is 55.2 Å². The summed E-state index contributed by atoms with van der Waals surface area (Å²) in [5.74, 6) is 0.186. The van der Waals surface area contributed by atoms with Gasteiger partial charge < -0.3 is 9.47 Å². The lowest BCUT2D eigenvalue weighted by Crippen LogP contribution is -2.33. The summed E-state index contributed by atoms with van der Waals surface area (Å²) in [6.45, 7) is 2.68. The smallest absolute Gasteiger partial charge is 0.253 e. The Labute approximate surface area is 139 Å². The molecule has 0 aromatic carbocycles. The molecule has 0 saturated carbocycles. The number of pyridine rings is 1. The van der Waals surface area contributed by atoms with Crippen LogP contribution in [-0.4, -0.2) is 34.0 Å². The zero-order chi connectivity index (χ0) is 16.6. The van der Waals surface area contributed by atoms with Crippen LogP contribution in [0.3, 0.4) is 0 Å². The fraction of sp³-hybridized carbons (Fsp3) is 0.471. The van der Waals surface area contributed by atoms with Crippen molar-refractivity contribution in [3.05, 3.63) is 49.8 Å². The van der Waals surface area contributed by atoms with Gasteiger partial charge >= 0.3 is 0 Å². The van der Waals surface area contributed by atoms with Crippen LogP contribution in [0.1, 0.15) is 44.7 Å². The Morgan fingerprint density at radius 2 is 2.30 bits per heavy atom. The second kappa shape index (κ2) is 6.28. The third kappa shape index (κ3) is 3.22. The molecule has 2 aromatic heterocycles. The van der Waals surface area contributed by atoms with E-state index in [1.54, 1.807) is 42.6 Å². The monoisotopic (exact) mass is 331 g/mol. The summed E-state index contributed by atoms with van der Waals surface area (Å²) in [4.78, 5) is 32.0. The predicted octanol–water partition coefficient (Wildman–Crippen LogP) is 2.34. The first-order valence-corrected chi connectivity index (χ1v) is 8.65. The van der Waals surface area contributed by atoms with Crippen molar-refractivity contribution in [1.29, 1.82) is 0 Å². The highest BCUT2D eigenvalue weighted by Crippen LogP contribution is 2.35. The molecule has 0 aliphatic heterocycles. The van der Waals surface area contributed by atoms with Crippen LogP contribution in [-0.2, 0) is 13.5 Å². The van der Waals surface area contributed by atoms with Crippen LogP contribution in [0.5, 0.6) is 0 Å². The van der Waals surface area contributed by atoms with E-state index in [-0.39, 0.29) is 11.5 Å². The van der Waals surface area contributed by atoms with Crippen molar-refractivity contribution in [1.82, 2.24) is 14.5 Å². The van der Waals surface area contributed by atoms with Crippen LogP contribution in [0.2, 0.25) is 0 Å². The molecule has 1 atom stereocenters. The van der Waals surface area contributed by atoms with Crippen LogP contribution in [0.25, 0.3) is 0 Å².